The number of benzene rings is 2. The van der Waals surface area contributed by atoms with E-state index in [2.05, 4.69) is 5.32 Å². The number of nitrogens with one attached hydrogen (secondary N) is 1. The van der Waals surface area contributed by atoms with Crippen LogP contribution in [0.15, 0.2) is 53.4 Å². The van der Waals surface area contributed by atoms with E-state index in [9.17, 15) is 13.2 Å². The van der Waals surface area contributed by atoms with Gasteiger partial charge in [-0.3, -0.25) is 4.79 Å². The minimum atomic E-state index is -3.66. The number of amides is 1. The van der Waals surface area contributed by atoms with E-state index >= 15 is 0 Å². The van der Waals surface area contributed by atoms with Crippen LogP contribution in [0.3, 0.4) is 0 Å². The first-order valence-corrected chi connectivity index (χ1v) is 11.0. The molecule has 0 aromatic heterocycles. The van der Waals surface area contributed by atoms with Crippen LogP contribution < -0.4 is 10.1 Å². The zero-order chi connectivity index (χ0) is 20.1. The number of carbonyl (C=O) groups is 1. The second-order valence-corrected chi connectivity index (χ2v) is 8.98. The first-order chi connectivity index (χ1) is 13.4. The predicted octanol–water partition coefficient (Wildman–Crippen LogP) is 3.78. The lowest BCUT2D eigenvalue weighted by Gasteiger charge is -2.31. The van der Waals surface area contributed by atoms with Crippen LogP contribution in [0.2, 0.25) is 5.02 Å². The Morgan fingerprint density at radius 3 is 2.50 bits per heavy atom. The van der Waals surface area contributed by atoms with Crippen LogP contribution in [0.5, 0.6) is 5.75 Å². The topological polar surface area (TPSA) is 75.7 Å². The number of ether oxygens (including phenoxy) is 1. The molecule has 1 fully saturated rings. The highest BCUT2D eigenvalue weighted by molar-refractivity contribution is 7.89. The number of halogens is 1. The molecule has 1 aliphatic rings. The van der Waals surface area contributed by atoms with Gasteiger partial charge in [0.2, 0.25) is 15.9 Å². The van der Waals surface area contributed by atoms with Gasteiger partial charge in [0.1, 0.15) is 5.75 Å². The molecular formula is C20H23ClN2O4S. The van der Waals surface area contributed by atoms with Crippen LogP contribution in [0.25, 0.3) is 0 Å². The number of nitrogens with zero attached hydrogens (tertiary/aromatic N) is 1. The van der Waals surface area contributed by atoms with Crippen LogP contribution in [-0.4, -0.2) is 38.3 Å². The molecule has 1 saturated heterocycles. The molecule has 0 bridgehead atoms. The Labute approximate surface area is 170 Å². The number of hydrogen-bond acceptors (Lipinski definition) is 4. The van der Waals surface area contributed by atoms with Crippen molar-refractivity contribution in [1.82, 2.24) is 4.31 Å². The average Bonchev–Trinajstić information content (AvgIpc) is 2.70. The zero-order valence-corrected chi connectivity index (χ0v) is 17.2. The highest BCUT2D eigenvalue weighted by Gasteiger charge is 2.33. The van der Waals surface area contributed by atoms with Crippen LogP contribution in [0.1, 0.15) is 19.8 Å². The highest BCUT2D eigenvalue weighted by Crippen LogP contribution is 2.26. The predicted molar refractivity (Wildman–Crippen MR) is 109 cm³/mol. The Morgan fingerprint density at radius 2 is 1.86 bits per heavy atom. The van der Waals surface area contributed by atoms with Crippen molar-refractivity contribution < 1.29 is 17.9 Å². The second kappa shape index (κ2) is 8.94. The third kappa shape index (κ3) is 4.84. The van der Waals surface area contributed by atoms with E-state index in [-0.39, 0.29) is 17.3 Å². The van der Waals surface area contributed by atoms with Crippen molar-refractivity contribution in [1.29, 1.82) is 0 Å². The van der Waals surface area contributed by atoms with Gasteiger partial charge in [-0.15, -0.1) is 0 Å². The number of hydrogen-bond donors (Lipinski definition) is 1. The molecule has 0 spiro atoms. The van der Waals surface area contributed by atoms with E-state index in [1.165, 1.54) is 16.4 Å². The molecule has 0 radical (unpaired) electrons. The van der Waals surface area contributed by atoms with Crippen molar-refractivity contribution in [2.75, 3.05) is 25.0 Å². The summed E-state index contributed by atoms with van der Waals surface area (Å²) in [4.78, 5) is 12.8. The van der Waals surface area contributed by atoms with Gasteiger partial charge >= 0.3 is 0 Å². The fraction of sp³-hybridized carbons (Fsp3) is 0.350. The molecule has 1 aliphatic heterocycles. The molecule has 8 heteroatoms. The Bertz CT molecular complexity index is 914. The van der Waals surface area contributed by atoms with Gasteiger partial charge in [0.25, 0.3) is 0 Å². The minimum absolute atomic E-state index is 0.162. The molecular weight excluding hydrogens is 400 g/mol. The third-order valence-corrected chi connectivity index (χ3v) is 6.77. The van der Waals surface area contributed by atoms with E-state index in [4.69, 9.17) is 16.3 Å². The van der Waals surface area contributed by atoms with Crippen molar-refractivity contribution in [3.05, 3.63) is 53.6 Å². The lowest BCUT2D eigenvalue weighted by Crippen LogP contribution is -2.43. The van der Waals surface area contributed by atoms with E-state index in [0.29, 0.717) is 42.5 Å². The van der Waals surface area contributed by atoms with Crippen molar-refractivity contribution in [2.24, 2.45) is 5.92 Å². The smallest absolute Gasteiger partial charge is 0.243 e. The number of piperidine rings is 1. The molecule has 1 N–H and O–H groups in total. The monoisotopic (exact) mass is 422 g/mol. The van der Waals surface area contributed by atoms with Crippen LogP contribution in [0.4, 0.5) is 5.69 Å². The Kier molecular flexibility index (Phi) is 6.59. The minimum Gasteiger partial charge on any atom is -0.494 e. The summed E-state index contributed by atoms with van der Waals surface area (Å²) in [7, 11) is -3.66. The number of rotatable bonds is 6. The van der Waals surface area contributed by atoms with Gasteiger partial charge in [0.15, 0.2) is 0 Å². The van der Waals surface area contributed by atoms with Gasteiger partial charge in [-0.05, 0) is 68.3 Å². The Balaban J connectivity index is 1.69. The van der Waals surface area contributed by atoms with Crippen LogP contribution >= 0.6 is 11.6 Å². The summed E-state index contributed by atoms with van der Waals surface area (Å²) in [6.07, 6.45) is 1.28. The van der Waals surface area contributed by atoms with Crippen molar-refractivity contribution in [3.8, 4) is 5.75 Å². The summed E-state index contributed by atoms with van der Waals surface area (Å²) in [5.74, 6) is 0.0381. The second-order valence-electron chi connectivity index (χ2n) is 6.60. The SMILES string of the molecule is CCOc1ccc(S(=O)(=O)N2CCC[C@H](C(=O)Nc3ccc(Cl)cc3)C2)cc1. The maximum absolute atomic E-state index is 13.0. The Morgan fingerprint density at radius 1 is 1.18 bits per heavy atom. The van der Waals surface area contributed by atoms with Crippen molar-refractivity contribution in [2.45, 2.75) is 24.7 Å². The fourth-order valence-electron chi connectivity index (χ4n) is 3.18. The first-order valence-electron chi connectivity index (χ1n) is 9.19. The largest absolute Gasteiger partial charge is 0.494 e. The highest BCUT2D eigenvalue weighted by atomic mass is 35.5. The summed E-state index contributed by atoms with van der Waals surface area (Å²) in [6, 6.07) is 13.2. The maximum Gasteiger partial charge on any atom is 0.243 e. The molecule has 0 aliphatic carbocycles. The van der Waals surface area contributed by atoms with E-state index in [1.54, 1.807) is 36.4 Å². The summed E-state index contributed by atoms with van der Waals surface area (Å²) in [5, 5.41) is 3.42. The fourth-order valence-corrected chi connectivity index (χ4v) is 4.83. The van der Waals surface area contributed by atoms with Gasteiger partial charge in [-0.2, -0.15) is 4.31 Å². The standard InChI is InChI=1S/C20H23ClN2O4S/c1-2-27-18-9-11-19(12-10-18)28(25,26)23-13-3-4-15(14-23)20(24)22-17-7-5-16(21)6-8-17/h5-12,15H,2-4,13-14H2,1H3,(H,22,24)/t15-/m0/s1. The molecule has 0 saturated carbocycles. The first kappa shape index (κ1) is 20.6. The van der Waals surface area contributed by atoms with Gasteiger partial charge in [-0.25, -0.2) is 8.42 Å². The number of sulfonamides is 1. The summed E-state index contributed by atoms with van der Waals surface area (Å²) < 4.78 is 32.7. The quantitative estimate of drug-likeness (QED) is 0.768. The van der Waals surface area contributed by atoms with Gasteiger partial charge in [0, 0.05) is 23.8 Å². The zero-order valence-electron chi connectivity index (χ0n) is 15.6. The van der Waals surface area contributed by atoms with E-state index in [1.807, 2.05) is 6.92 Å². The molecule has 1 heterocycles. The number of carbonyl (C=O) groups excluding carboxylic acids is 1. The Hall–Kier alpha value is -2.09. The van der Waals surface area contributed by atoms with Crippen molar-refractivity contribution >= 4 is 33.2 Å². The summed E-state index contributed by atoms with van der Waals surface area (Å²) in [6.45, 7) is 2.95. The molecule has 3 rings (SSSR count). The van der Waals surface area contributed by atoms with Gasteiger partial charge in [-0.1, -0.05) is 11.6 Å². The molecule has 6 nitrogen and oxygen atoms in total. The van der Waals surface area contributed by atoms with Gasteiger partial charge in [0.05, 0.1) is 17.4 Å². The molecule has 150 valence electrons. The lowest BCUT2D eigenvalue weighted by atomic mass is 9.99. The molecule has 2 aromatic carbocycles. The maximum atomic E-state index is 13.0. The molecule has 0 unspecified atom stereocenters. The van der Waals surface area contributed by atoms with Crippen LogP contribution in [0, 0.1) is 5.92 Å². The van der Waals surface area contributed by atoms with Crippen molar-refractivity contribution in [3.63, 3.8) is 0 Å². The van der Waals surface area contributed by atoms with E-state index in [0.717, 1.165) is 0 Å². The molecule has 2 aromatic rings. The van der Waals surface area contributed by atoms with E-state index < -0.39 is 15.9 Å². The van der Waals surface area contributed by atoms with Crippen LogP contribution in [-0.2, 0) is 14.8 Å². The molecule has 28 heavy (non-hydrogen) atoms. The third-order valence-electron chi connectivity index (χ3n) is 4.64. The molecule has 1 atom stereocenters. The van der Waals surface area contributed by atoms with Gasteiger partial charge < -0.3 is 10.1 Å². The summed E-state index contributed by atoms with van der Waals surface area (Å²) in [5.41, 5.74) is 0.640. The summed E-state index contributed by atoms with van der Waals surface area (Å²) >= 11 is 5.86. The normalized spacial score (nSPS) is 17.9. The lowest BCUT2D eigenvalue weighted by molar-refractivity contribution is -0.120. The molecule has 1 amide bonds. The number of anilines is 1. The average molecular weight is 423 g/mol.